The van der Waals surface area contributed by atoms with Gasteiger partial charge in [-0.1, -0.05) is 6.92 Å². The molecule has 98 valence electrons. The fraction of sp³-hybridized carbons (Fsp3) is 0.462. The van der Waals surface area contributed by atoms with Gasteiger partial charge in [-0.15, -0.1) is 11.8 Å². The Morgan fingerprint density at radius 3 is 2.94 bits per heavy atom. The van der Waals surface area contributed by atoms with Crippen molar-refractivity contribution in [1.82, 2.24) is 0 Å². The van der Waals surface area contributed by atoms with Crippen molar-refractivity contribution in [3.8, 4) is 0 Å². The average molecular weight is 269 g/mol. The molecule has 1 atom stereocenters. The highest BCUT2D eigenvalue weighted by Crippen LogP contribution is 2.31. The third kappa shape index (κ3) is 2.67. The summed E-state index contributed by atoms with van der Waals surface area (Å²) in [6.45, 7) is 3.21. The van der Waals surface area contributed by atoms with Crippen molar-refractivity contribution in [1.29, 1.82) is 0 Å². The van der Waals surface area contributed by atoms with Crippen LogP contribution in [0, 0.1) is 5.82 Å². The summed E-state index contributed by atoms with van der Waals surface area (Å²) >= 11 is 1.45. The molecular weight excluding hydrogens is 253 g/mol. The lowest BCUT2D eigenvalue weighted by Crippen LogP contribution is -2.21. The van der Waals surface area contributed by atoms with Crippen molar-refractivity contribution >= 4 is 23.7 Å². The van der Waals surface area contributed by atoms with Gasteiger partial charge in [0.05, 0.1) is 11.7 Å². The van der Waals surface area contributed by atoms with E-state index >= 15 is 0 Å². The van der Waals surface area contributed by atoms with Crippen LogP contribution in [0.4, 0.5) is 10.1 Å². The number of aliphatic hydroxyl groups is 1. The molecule has 0 spiro atoms. The van der Waals surface area contributed by atoms with Crippen molar-refractivity contribution in [3.63, 3.8) is 0 Å². The molecule has 1 aliphatic rings. The van der Waals surface area contributed by atoms with E-state index in [9.17, 15) is 14.3 Å². The number of hydrogen-bond donors (Lipinski definition) is 1. The largest absolute Gasteiger partial charge is 0.391 e. The van der Waals surface area contributed by atoms with Crippen molar-refractivity contribution in [2.45, 2.75) is 24.3 Å². The lowest BCUT2D eigenvalue weighted by molar-refractivity contribution is 0.111. The molecule has 5 heteroatoms. The van der Waals surface area contributed by atoms with Gasteiger partial charge < -0.3 is 10.0 Å². The number of benzene rings is 1. The maximum absolute atomic E-state index is 13.9. The Labute approximate surface area is 110 Å². The molecule has 0 radical (unpaired) electrons. The number of β-amino-alcohol motifs (C(OH)–C–C–N with tert-alkyl or cyclic N) is 1. The lowest BCUT2D eigenvalue weighted by Gasteiger charge is -2.19. The van der Waals surface area contributed by atoms with Crippen molar-refractivity contribution in [2.24, 2.45) is 0 Å². The van der Waals surface area contributed by atoms with Crippen LogP contribution in [0.5, 0.6) is 0 Å². The number of hydrogen-bond acceptors (Lipinski definition) is 4. The minimum absolute atomic E-state index is 0.130. The number of aliphatic hydroxyl groups excluding tert-OH is 1. The summed E-state index contributed by atoms with van der Waals surface area (Å²) < 4.78 is 13.9. The van der Waals surface area contributed by atoms with Crippen LogP contribution in [0.3, 0.4) is 0 Å². The van der Waals surface area contributed by atoms with Gasteiger partial charge in [0.15, 0.2) is 6.29 Å². The van der Waals surface area contributed by atoms with Crippen LogP contribution in [0.1, 0.15) is 23.7 Å². The van der Waals surface area contributed by atoms with Gasteiger partial charge in [0, 0.05) is 23.7 Å². The van der Waals surface area contributed by atoms with Crippen molar-refractivity contribution < 1.29 is 14.3 Å². The van der Waals surface area contributed by atoms with Crippen LogP contribution in [0.25, 0.3) is 0 Å². The van der Waals surface area contributed by atoms with E-state index in [2.05, 4.69) is 0 Å². The predicted molar refractivity (Wildman–Crippen MR) is 71.0 cm³/mol. The Hall–Kier alpha value is -1.07. The summed E-state index contributed by atoms with van der Waals surface area (Å²) in [7, 11) is 0. The Morgan fingerprint density at radius 1 is 1.61 bits per heavy atom. The van der Waals surface area contributed by atoms with Gasteiger partial charge in [-0.2, -0.15) is 0 Å². The highest BCUT2D eigenvalue weighted by molar-refractivity contribution is 7.99. The predicted octanol–water partition coefficient (Wildman–Crippen LogP) is 2.32. The number of anilines is 1. The number of carbonyl (C=O) groups is 1. The topological polar surface area (TPSA) is 40.5 Å². The zero-order valence-corrected chi connectivity index (χ0v) is 11.0. The number of rotatable bonds is 4. The second-order valence-corrected chi connectivity index (χ2v) is 5.58. The van der Waals surface area contributed by atoms with E-state index in [0.29, 0.717) is 24.1 Å². The molecule has 1 N–H and O–H groups in total. The molecule has 0 bridgehead atoms. The van der Waals surface area contributed by atoms with E-state index in [1.807, 2.05) is 17.9 Å². The number of halogens is 1. The lowest BCUT2D eigenvalue weighted by atomic mass is 10.2. The van der Waals surface area contributed by atoms with Gasteiger partial charge in [0.1, 0.15) is 5.82 Å². The number of thioether (sulfide) groups is 1. The number of aldehydes is 1. The third-order valence-electron chi connectivity index (χ3n) is 3.02. The van der Waals surface area contributed by atoms with E-state index < -0.39 is 5.82 Å². The molecule has 1 heterocycles. The second-order valence-electron chi connectivity index (χ2n) is 4.28. The molecule has 0 aromatic heterocycles. The van der Waals surface area contributed by atoms with Crippen LogP contribution < -0.4 is 4.90 Å². The maximum Gasteiger partial charge on any atom is 0.154 e. The van der Waals surface area contributed by atoms with Crippen LogP contribution in [-0.2, 0) is 0 Å². The Morgan fingerprint density at radius 2 is 2.39 bits per heavy atom. The highest BCUT2D eigenvalue weighted by Gasteiger charge is 2.22. The molecule has 2 rings (SSSR count). The highest BCUT2D eigenvalue weighted by atomic mass is 32.2. The zero-order valence-electron chi connectivity index (χ0n) is 10.2. The summed E-state index contributed by atoms with van der Waals surface area (Å²) in [5, 5.41) is 9.51. The molecule has 0 aliphatic carbocycles. The maximum atomic E-state index is 13.9. The van der Waals surface area contributed by atoms with Crippen LogP contribution >= 0.6 is 11.8 Å². The molecular formula is C13H16FNO2S. The Bertz CT molecular complexity index is 453. The molecule has 0 saturated carbocycles. The fourth-order valence-corrected chi connectivity index (χ4v) is 2.94. The van der Waals surface area contributed by atoms with Crippen LogP contribution in [0.2, 0.25) is 0 Å². The first-order valence-electron chi connectivity index (χ1n) is 6.00. The summed E-state index contributed by atoms with van der Waals surface area (Å²) in [6, 6.07) is 3.21. The molecule has 18 heavy (non-hydrogen) atoms. The SMILES string of the molecule is CCSc1cc(N2CC[C@@H](O)C2)cc(F)c1C=O. The first-order valence-corrected chi connectivity index (χ1v) is 6.98. The van der Waals surface area contributed by atoms with Crippen LogP contribution in [0.15, 0.2) is 17.0 Å². The monoisotopic (exact) mass is 269 g/mol. The molecule has 3 nitrogen and oxygen atoms in total. The normalized spacial score (nSPS) is 19.3. The zero-order chi connectivity index (χ0) is 13.1. The summed E-state index contributed by atoms with van der Waals surface area (Å²) in [5.74, 6) is 0.298. The average Bonchev–Trinajstić information content (AvgIpc) is 2.76. The molecule has 1 aromatic carbocycles. The Kier molecular flexibility index (Phi) is 4.24. The molecule has 1 saturated heterocycles. The van der Waals surface area contributed by atoms with Crippen molar-refractivity contribution in [2.75, 3.05) is 23.7 Å². The third-order valence-corrected chi connectivity index (χ3v) is 3.96. The minimum Gasteiger partial charge on any atom is -0.391 e. The van der Waals surface area contributed by atoms with Gasteiger partial charge in [0.25, 0.3) is 0 Å². The summed E-state index contributed by atoms with van der Waals surface area (Å²) in [4.78, 5) is 13.5. The molecule has 1 aromatic rings. The van der Waals surface area contributed by atoms with E-state index in [1.54, 1.807) is 0 Å². The second kappa shape index (κ2) is 5.71. The standard InChI is InChI=1S/C13H16FNO2S/c1-2-18-13-6-9(5-12(14)11(13)8-16)15-4-3-10(17)7-15/h5-6,8,10,17H,2-4,7H2,1H3/t10-/m1/s1. The van der Waals surface area contributed by atoms with Gasteiger partial charge in [-0.3, -0.25) is 4.79 Å². The summed E-state index contributed by atoms with van der Waals surface area (Å²) in [5.41, 5.74) is 0.871. The number of nitrogens with zero attached hydrogens (tertiary/aromatic N) is 1. The first-order chi connectivity index (χ1) is 8.65. The minimum atomic E-state index is -0.486. The van der Waals surface area contributed by atoms with E-state index in [-0.39, 0.29) is 11.7 Å². The van der Waals surface area contributed by atoms with E-state index in [0.717, 1.165) is 18.0 Å². The van der Waals surface area contributed by atoms with Gasteiger partial charge >= 0.3 is 0 Å². The Balaban J connectivity index is 2.34. The van der Waals surface area contributed by atoms with E-state index in [1.165, 1.54) is 17.8 Å². The fourth-order valence-electron chi connectivity index (χ4n) is 2.13. The quantitative estimate of drug-likeness (QED) is 0.673. The van der Waals surface area contributed by atoms with Crippen molar-refractivity contribution in [3.05, 3.63) is 23.5 Å². The smallest absolute Gasteiger partial charge is 0.154 e. The van der Waals surface area contributed by atoms with Gasteiger partial charge in [-0.05, 0) is 24.3 Å². The van der Waals surface area contributed by atoms with Crippen LogP contribution in [-0.4, -0.2) is 36.3 Å². The van der Waals surface area contributed by atoms with Gasteiger partial charge in [0.2, 0.25) is 0 Å². The van der Waals surface area contributed by atoms with Gasteiger partial charge in [-0.25, -0.2) is 4.39 Å². The molecule has 1 aliphatic heterocycles. The molecule has 1 fully saturated rings. The molecule has 0 amide bonds. The van der Waals surface area contributed by atoms with E-state index in [4.69, 9.17) is 0 Å². The summed E-state index contributed by atoms with van der Waals surface area (Å²) in [6.07, 6.45) is 0.921. The first kappa shape index (κ1) is 13.4. The molecule has 0 unspecified atom stereocenters. The number of carbonyl (C=O) groups excluding carboxylic acids is 1.